The van der Waals surface area contributed by atoms with Crippen LogP contribution in [0.5, 0.6) is 11.5 Å². The van der Waals surface area contributed by atoms with Crippen LogP contribution in [0.15, 0.2) is 69.8 Å². The summed E-state index contributed by atoms with van der Waals surface area (Å²) in [4.78, 5) is 29.5. The highest BCUT2D eigenvalue weighted by molar-refractivity contribution is 8.18. The number of hydrogen-bond donors (Lipinski definition) is 1. The number of methoxy groups -OCH3 is 1. The van der Waals surface area contributed by atoms with Crippen molar-refractivity contribution in [3.63, 3.8) is 0 Å². The zero-order chi connectivity index (χ0) is 23.1. The van der Waals surface area contributed by atoms with Gasteiger partial charge in [-0.25, -0.2) is 9.79 Å². The molecule has 1 amide bonds. The highest BCUT2D eigenvalue weighted by Gasteiger charge is 2.34. The lowest BCUT2D eigenvalue weighted by Crippen LogP contribution is -2.14. The Morgan fingerprint density at radius 2 is 1.81 bits per heavy atom. The van der Waals surface area contributed by atoms with Crippen LogP contribution in [0.4, 0.5) is 0 Å². The number of carbonyl (C=O) groups excluding carboxylic acids is 2. The standard InChI is InChI=1S/C24H23NO6S/c1-4-30-17-12-11-15(13-18(17)29-3)14-19-21(26)20(24(28)31-5-2)23(32-19)25-22(27)16-9-7-6-8-10-16/h6-14,26H,4-5H2,1-3H3. The predicted molar refractivity (Wildman–Crippen MR) is 124 cm³/mol. The molecule has 0 spiro atoms. The van der Waals surface area contributed by atoms with Gasteiger partial charge in [-0.2, -0.15) is 0 Å². The Bertz CT molecular complexity index is 1100. The number of aliphatic hydroxyl groups excluding tert-OH is 1. The molecule has 0 aliphatic carbocycles. The van der Waals surface area contributed by atoms with E-state index in [9.17, 15) is 14.7 Å². The van der Waals surface area contributed by atoms with E-state index in [-0.39, 0.29) is 23.0 Å². The fraction of sp³-hybridized carbons (Fsp3) is 0.208. The van der Waals surface area contributed by atoms with Crippen molar-refractivity contribution in [1.29, 1.82) is 0 Å². The Morgan fingerprint density at radius 1 is 1.06 bits per heavy atom. The molecule has 0 atom stereocenters. The zero-order valence-corrected chi connectivity index (χ0v) is 18.8. The molecule has 0 bridgehead atoms. The van der Waals surface area contributed by atoms with Gasteiger partial charge in [0.05, 0.1) is 25.2 Å². The van der Waals surface area contributed by atoms with E-state index in [0.717, 1.165) is 11.8 Å². The number of carbonyl (C=O) groups is 2. The van der Waals surface area contributed by atoms with Crippen molar-refractivity contribution in [2.75, 3.05) is 20.3 Å². The molecule has 0 radical (unpaired) electrons. The molecule has 3 rings (SSSR count). The molecule has 1 heterocycles. The zero-order valence-electron chi connectivity index (χ0n) is 18.0. The molecule has 0 fully saturated rings. The van der Waals surface area contributed by atoms with Crippen LogP contribution in [-0.2, 0) is 9.53 Å². The van der Waals surface area contributed by atoms with E-state index in [0.29, 0.717) is 34.1 Å². The molecule has 1 aliphatic rings. The molecule has 32 heavy (non-hydrogen) atoms. The number of hydrogen-bond acceptors (Lipinski definition) is 7. The van der Waals surface area contributed by atoms with Crippen LogP contribution >= 0.6 is 11.8 Å². The summed E-state index contributed by atoms with van der Waals surface area (Å²) in [5, 5.41) is 10.9. The van der Waals surface area contributed by atoms with E-state index in [1.165, 1.54) is 7.11 Å². The fourth-order valence-corrected chi connectivity index (χ4v) is 3.94. The van der Waals surface area contributed by atoms with E-state index < -0.39 is 11.9 Å². The maximum absolute atomic E-state index is 12.6. The first-order valence-electron chi connectivity index (χ1n) is 9.98. The summed E-state index contributed by atoms with van der Waals surface area (Å²) >= 11 is 1.02. The predicted octanol–water partition coefficient (Wildman–Crippen LogP) is 4.80. The van der Waals surface area contributed by atoms with Crippen molar-refractivity contribution in [3.8, 4) is 11.5 Å². The highest BCUT2D eigenvalue weighted by Crippen LogP contribution is 2.40. The van der Waals surface area contributed by atoms with Gasteiger partial charge in [0.25, 0.3) is 5.91 Å². The Balaban J connectivity index is 2.00. The van der Waals surface area contributed by atoms with Crippen LogP contribution in [0.2, 0.25) is 0 Å². The minimum absolute atomic E-state index is 0.0824. The summed E-state index contributed by atoms with van der Waals surface area (Å²) in [6.07, 6.45) is 1.67. The molecule has 0 saturated carbocycles. The van der Waals surface area contributed by atoms with Gasteiger partial charge in [-0.05, 0) is 49.8 Å². The molecule has 0 aromatic heterocycles. The van der Waals surface area contributed by atoms with Gasteiger partial charge in [-0.1, -0.05) is 36.0 Å². The normalized spacial score (nSPS) is 15.8. The number of thioether (sulfide) groups is 1. The smallest absolute Gasteiger partial charge is 0.344 e. The minimum atomic E-state index is -0.746. The van der Waals surface area contributed by atoms with Crippen molar-refractivity contribution < 1.29 is 28.9 Å². The number of ether oxygens (including phenoxy) is 3. The van der Waals surface area contributed by atoms with E-state index in [2.05, 4.69) is 4.99 Å². The summed E-state index contributed by atoms with van der Waals surface area (Å²) < 4.78 is 16.0. The number of esters is 1. The third-order valence-corrected chi connectivity index (χ3v) is 5.40. The first-order chi connectivity index (χ1) is 15.5. The molecule has 2 aromatic carbocycles. The van der Waals surface area contributed by atoms with Gasteiger partial charge in [0.2, 0.25) is 0 Å². The molecule has 0 saturated heterocycles. The van der Waals surface area contributed by atoms with Crippen LogP contribution < -0.4 is 9.47 Å². The van der Waals surface area contributed by atoms with E-state index in [4.69, 9.17) is 14.2 Å². The Hall–Kier alpha value is -3.52. The van der Waals surface area contributed by atoms with Crippen molar-refractivity contribution >= 4 is 34.8 Å². The number of rotatable bonds is 7. The summed E-state index contributed by atoms with van der Waals surface area (Å²) in [6.45, 7) is 4.15. The Labute approximate surface area is 190 Å². The van der Waals surface area contributed by atoms with Gasteiger partial charge < -0.3 is 19.3 Å². The van der Waals surface area contributed by atoms with E-state index >= 15 is 0 Å². The average molecular weight is 454 g/mol. The van der Waals surface area contributed by atoms with Gasteiger partial charge in [-0.3, -0.25) is 4.79 Å². The molecular formula is C24H23NO6S. The third-order valence-electron chi connectivity index (χ3n) is 4.38. The first kappa shape index (κ1) is 23.1. The largest absolute Gasteiger partial charge is 0.506 e. The second kappa shape index (κ2) is 10.7. The van der Waals surface area contributed by atoms with Crippen molar-refractivity contribution in [3.05, 3.63) is 75.9 Å². The molecule has 0 unspecified atom stereocenters. The second-order valence-electron chi connectivity index (χ2n) is 6.49. The molecule has 7 nitrogen and oxygen atoms in total. The van der Waals surface area contributed by atoms with Crippen LogP contribution in [0.1, 0.15) is 29.8 Å². The number of nitrogens with zero attached hydrogens (tertiary/aromatic N) is 1. The molecule has 1 N–H and O–H groups in total. The number of aliphatic hydroxyl groups is 1. The summed E-state index contributed by atoms with van der Waals surface area (Å²) in [5.41, 5.74) is 0.945. The minimum Gasteiger partial charge on any atom is -0.506 e. The molecule has 1 aliphatic heterocycles. The average Bonchev–Trinajstić information content (AvgIpc) is 3.10. The van der Waals surface area contributed by atoms with Gasteiger partial charge in [0.1, 0.15) is 16.4 Å². The maximum atomic E-state index is 12.6. The quantitative estimate of drug-likeness (QED) is 0.602. The number of aliphatic imine (C=N–C) groups is 1. The van der Waals surface area contributed by atoms with E-state index in [1.54, 1.807) is 61.5 Å². The topological polar surface area (TPSA) is 94.4 Å². The van der Waals surface area contributed by atoms with Crippen LogP contribution in [0.25, 0.3) is 6.08 Å². The highest BCUT2D eigenvalue weighted by atomic mass is 32.2. The molecule has 8 heteroatoms. The van der Waals surface area contributed by atoms with Crippen LogP contribution in [0, 0.1) is 0 Å². The first-order valence-corrected chi connectivity index (χ1v) is 10.8. The van der Waals surface area contributed by atoms with Crippen molar-refractivity contribution in [2.24, 2.45) is 4.99 Å². The lowest BCUT2D eigenvalue weighted by Gasteiger charge is -2.09. The SMILES string of the molecule is CCOC(=O)C1=C(O)C(=Cc2ccc(OCC)c(OC)c2)SC1=NC(=O)c1ccccc1. The van der Waals surface area contributed by atoms with Gasteiger partial charge >= 0.3 is 5.97 Å². The van der Waals surface area contributed by atoms with Crippen molar-refractivity contribution in [2.45, 2.75) is 13.8 Å². The van der Waals surface area contributed by atoms with E-state index in [1.807, 2.05) is 6.92 Å². The van der Waals surface area contributed by atoms with Gasteiger partial charge in [0.15, 0.2) is 11.5 Å². The van der Waals surface area contributed by atoms with Crippen molar-refractivity contribution in [1.82, 2.24) is 0 Å². The van der Waals surface area contributed by atoms with Crippen LogP contribution in [-0.4, -0.2) is 42.4 Å². The molecule has 166 valence electrons. The maximum Gasteiger partial charge on any atom is 0.344 e. The van der Waals surface area contributed by atoms with Gasteiger partial charge in [0, 0.05) is 5.56 Å². The van der Waals surface area contributed by atoms with Gasteiger partial charge in [-0.15, -0.1) is 0 Å². The molecular weight excluding hydrogens is 430 g/mol. The molecule has 2 aromatic rings. The number of amides is 1. The summed E-state index contributed by atoms with van der Waals surface area (Å²) in [7, 11) is 1.54. The number of benzene rings is 2. The summed E-state index contributed by atoms with van der Waals surface area (Å²) in [6, 6.07) is 13.8. The monoisotopic (exact) mass is 453 g/mol. The van der Waals surface area contributed by atoms with Crippen LogP contribution in [0.3, 0.4) is 0 Å². The second-order valence-corrected chi connectivity index (χ2v) is 7.52. The Morgan fingerprint density at radius 3 is 2.47 bits per heavy atom. The third kappa shape index (κ3) is 5.20. The fourth-order valence-electron chi connectivity index (χ4n) is 2.93. The lowest BCUT2D eigenvalue weighted by atomic mass is 10.1. The Kier molecular flexibility index (Phi) is 7.72. The lowest BCUT2D eigenvalue weighted by molar-refractivity contribution is -0.138. The summed E-state index contributed by atoms with van der Waals surface area (Å²) in [5.74, 6) is -0.428.